The molecule has 0 radical (unpaired) electrons. The lowest BCUT2D eigenvalue weighted by molar-refractivity contribution is -0.137. The number of rotatable bonds is 5. The van der Waals surface area contributed by atoms with Crippen molar-refractivity contribution in [3.05, 3.63) is 29.8 Å². The molecule has 0 bridgehead atoms. The minimum Gasteiger partial charge on any atom is -0.340 e. The van der Waals surface area contributed by atoms with Crippen molar-refractivity contribution >= 4 is 28.3 Å². The molecule has 0 aliphatic carbocycles. The van der Waals surface area contributed by atoms with Crippen molar-refractivity contribution in [2.45, 2.75) is 23.5 Å². The average molecular weight is 402 g/mol. The van der Waals surface area contributed by atoms with E-state index in [-0.39, 0.29) is 18.4 Å². The molecule has 0 spiro atoms. The van der Waals surface area contributed by atoms with Gasteiger partial charge in [-0.05, 0) is 31.2 Å². The number of hydrogen-bond acceptors (Lipinski definition) is 4. The number of nitrogens with zero attached hydrogens (tertiary/aromatic N) is 1. The molecule has 142 valence electrons. The second kappa shape index (κ2) is 8.35. The molecule has 1 amide bonds. The third-order valence-corrected chi connectivity index (χ3v) is 5.26. The zero-order valence-corrected chi connectivity index (χ0v) is 15.0. The van der Waals surface area contributed by atoms with Gasteiger partial charge in [0.1, 0.15) is 0 Å². The van der Waals surface area contributed by atoms with E-state index in [1.807, 2.05) is 0 Å². The summed E-state index contributed by atoms with van der Waals surface area (Å²) in [6, 6.07) is 3.36. The maximum absolute atomic E-state index is 12.7. The number of alkyl halides is 3. The van der Waals surface area contributed by atoms with E-state index >= 15 is 0 Å². The summed E-state index contributed by atoms with van der Waals surface area (Å²) in [5, 5.41) is 3.09. The normalized spacial score (nSPS) is 17.8. The topological polar surface area (TPSA) is 78.5 Å². The third kappa shape index (κ3) is 5.56. The molecule has 1 aromatic carbocycles. The van der Waals surface area contributed by atoms with Gasteiger partial charge in [0.15, 0.2) is 0 Å². The fourth-order valence-electron chi connectivity index (χ4n) is 2.38. The van der Waals surface area contributed by atoms with Gasteiger partial charge in [-0.15, -0.1) is 12.4 Å². The monoisotopic (exact) mass is 401 g/mol. The second-order valence-corrected chi connectivity index (χ2v) is 7.27. The summed E-state index contributed by atoms with van der Waals surface area (Å²) in [6.07, 6.45) is -3.88. The average Bonchev–Trinajstić information content (AvgIpc) is 3.05. The number of amides is 1. The van der Waals surface area contributed by atoms with Crippen LogP contribution in [0.5, 0.6) is 0 Å². The molecule has 25 heavy (non-hydrogen) atoms. The Kier molecular flexibility index (Phi) is 7.24. The van der Waals surface area contributed by atoms with Crippen molar-refractivity contribution in [2.24, 2.45) is 0 Å². The Morgan fingerprint density at radius 1 is 1.40 bits per heavy atom. The van der Waals surface area contributed by atoms with Crippen LogP contribution in [-0.2, 0) is 21.0 Å². The maximum atomic E-state index is 12.7. The van der Waals surface area contributed by atoms with Gasteiger partial charge in [-0.3, -0.25) is 4.79 Å². The fraction of sp³-hybridized carbons (Fsp3) is 0.500. The molecule has 0 saturated carbocycles. The van der Waals surface area contributed by atoms with Crippen LogP contribution in [0.15, 0.2) is 29.2 Å². The Balaban J connectivity index is 0.00000312. The predicted octanol–water partition coefficient (Wildman–Crippen LogP) is 1.23. The molecule has 1 saturated heterocycles. The fourth-order valence-corrected chi connectivity index (χ4v) is 3.40. The van der Waals surface area contributed by atoms with Gasteiger partial charge in [0.05, 0.1) is 17.0 Å². The van der Waals surface area contributed by atoms with Crippen molar-refractivity contribution in [3.8, 4) is 0 Å². The lowest BCUT2D eigenvalue weighted by Crippen LogP contribution is -2.44. The second-order valence-electron chi connectivity index (χ2n) is 5.50. The van der Waals surface area contributed by atoms with E-state index in [0.717, 1.165) is 31.2 Å². The molecule has 1 aliphatic heterocycles. The van der Waals surface area contributed by atoms with Crippen molar-refractivity contribution in [1.29, 1.82) is 0 Å². The van der Waals surface area contributed by atoms with Gasteiger partial charge in [0.25, 0.3) is 0 Å². The number of halogens is 4. The van der Waals surface area contributed by atoms with Crippen LogP contribution in [0.25, 0.3) is 0 Å². The zero-order chi connectivity index (χ0) is 18.0. The van der Waals surface area contributed by atoms with Gasteiger partial charge in [-0.2, -0.15) is 13.2 Å². The summed E-state index contributed by atoms with van der Waals surface area (Å²) in [7, 11) is -2.64. The first-order valence-electron chi connectivity index (χ1n) is 7.24. The van der Waals surface area contributed by atoms with E-state index in [1.165, 1.54) is 4.90 Å². The highest BCUT2D eigenvalue weighted by molar-refractivity contribution is 7.89. The van der Waals surface area contributed by atoms with E-state index in [9.17, 15) is 26.4 Å². The van der Waals surface area contributed by atoms with Gasteiger partial charge < -0.3 is 10.2 Å². The van der Waals surface area contributed by atoms with Crippen LogP contribution in [0.1, 0.15) is 12.0 Å². The smallest absolute Gasteiger partial charge is 0.340 e. The van der Waals surface area contributed by atoms with Crippen LogP contribution in [0.2, 0.25) is 0 Å². The Labute approximate surface area is 150 Å². The Bertz CT molecular complexity index is 707. The van der Waals surface area contributed by atoms with E-state index in [2.05, 4.69) is 10.0 Å². The van der Waals surface area contributed by atoms with E-state index in [1.54, 1.807) is 7.05 Å². The number of benzene rings is 1. The number of sulfonamides is 1. The number of likely N-dealkylation sites (N-methyl/N-ethyl adjacent to an activating group) is 1. The summed E-state index contributed by atoms with van der Waals surface area (Å²) in [6.45, 7) is 0.895. The standard InChI is InChI=1S/C14H18F3N3O3S.ClH/c1-20(11-5-6-18-8-11)13(21)9-19-24(22,23)12-4-2-3-10(7-12)14(15,16)17;/h2-4,7,11,18-19H,5-6,8-9H2,1H3;1H. The Hall–Kier alpha value is -1.36. The Morgan fingerprint density at radius 2 is 2.08 bits per heavy atom. The summed E-state index contributed by atoms with van der Waals surface area (Å²) in [4.78, 5) is 12.9. The number of carbonyl (C=O) groups excluding carboxylic acids is 1. The molecule has 2 rings (SSSR count). The minimum atomic E-state index is -4.64. The van der Waals surface area contributed by atoms with Crippen LogP contribution in [-0.4, -0.2) is 51.9 Å². The summed E-state index contributed by atoms with van der Waals surface area (Å²) < 4.78 is 64.2. The van der Waals surface area contributed by atoms with Crippen molar-refractivity contribution in [3.63, 3.8) is 0 Å². The lowest BCUT2D eigenvalue weighted by Gasteiger charge is -2.23. The molecule has 1 unspecified atom stereocenters. The largest absolute Gasteiger partial charge is 0.416 e. The third-order valence-electron chi connectivity index (χ3n) is 3.86. The van der Waals surface area contributed by atoms with Crippen molar-refractivity contribution in [1.82, 2.24) is 14.9 Å². The molecule has 1 fully saturated rings. The molecular formula is C14H19ClF3N3O3S. The highest BCUT2D eigenvalue weighted by Gasteiger charge is 2.32. The first-order chi connectivity index (χ1) is 11.1. The molecular weight excluding hydrogens is 383 g/mol. The van der Waals surface area contributed by atoms with Crippen LogP contribution >= 0.6 is 12.4 Å². The summed E-state index contributed by atoms with van der Waals surface area (Å²) in [5.41, 5.74) is -1.06. The molecule has 6 nitrogen and oxygen atoms in total. The number of nitrogens with one attached hydrogen (secondary N) is 2. The van der Waals surface area contributed by atoms with Crippen LogP contribution in [0, 0.1) is 0 Å². The van der Waals surface area contributed by atoms with Gasteiger partial charge >= 0.3 is 6.18 Å². The molecule has 1 heterocycles. The van der Waals surface area contributed by atoms with Crippen LogP contribution in [0.3, 0.4) is 0 Å². The number of carbonyl (C=O) groups is 1. The van der Waals surface area contributed by atoms with Crippen molar-refractivity contribution in [2.75, 3.05) is 26.7 Å². The summed E-state index contributed by atoms with van der Waals surface area (Å²) in [5.74, 6) is -0.445. The van der Waals surface area contributed by atoms with E-state index in [4.69, 9.17) is 0 Å². The Morgan fingerprint density at radius 3 is 2.64 bits per heavy atom. The van der Waals surface area contributed by atoms with E-state index in [0.29, 0.717) is 12.6 Å². The molecule has 1 aliphatic rings. The first kappa shape index (κ1) is 21.7. The SMILES string of the molecule is CN(C(=O)CNS(=O)(=O)c1cccc(C(F)(F)F)c1)C1CCNC1.Cl. The van der Waals surface area contributed by atoms with Gasteiger partial charge in [0.2, 0.25) is 15.9 Å². The first-order valence-corrected chi connectivity index (χ1v) is 8.73. The molecule has 2 N–H and O–H groups in total. The number of hydrogen-bond donors (Lipinski definition) is 2. The highest BCUT2D eigenvalue weighted by Crippen LogP contribution is 2.30. The minimum absolute atomic E-state index is 0. The van der Waals surface area contributed by atoms with Gasteiger partial charge in [-0.25, -0.2) is 13.1 Å². The zero-order valence-electron chi connectivity index (χ0n) is 13.3. The highest BCUT2D eigenvalue weighted by atomic mass is 35.5. The molecule has 1 aromatic rings. The van der Waals surface area contributed by atoms with Gasteiger partial charge in [-0.1, -0.05) is 6.07 Å². The van der Waals surface area contributed by atoms with Crippen LogP contribution < -0.4 is 10.0 Å². The quantitative estimate of drug-likeness (QED) is 0.777. The lowest BCUT2D eigenvalue weighted by atomic mass is 10.2. The van der Waals surface area contributed by atoms with E-state index < -0.39 is 39.1 Å². The van der Waals surface area contributed by atoms with Crippen LogP contribution in [0.4, 0.5) is 13.2 Å². The molecule has 1 atom stereocenters. The van der Waals surface area contributed by atoms with Crippen molar-refractivity contribution < 1.29 is 26.4 Å². The maximum Gasteiger partial charge on any atom is 0.416 e. The molecule has 11 heteroatoms. The predicted molar refractivity (Wildman–Crippen MR) is 87.9 cm³/mol. The summed E-state index contributed by atoms with van der Waals surface area (Å²) >= 11 is 0. The van der Waals surface area contributed by atoms with Gasteiger partial charge in [0, 0.05) is 19.6 Å². The molecule has 0 aromatic heterocycles.